The summed E-state index contributed by atoms with van der Waals surface area (Å²) in [6.07, 6.45) is 17.5. The van der Waals surface area contributed by atoms with E-state index in [0.29, 0.717) is 207 Å². The highest BCUT2D eigenvalue weighted by Crippen LogP contribution is 2.41. The van der Waals surface area contributed by atoms with E-state index in [2.05, 4.69) is 47.0 Å². The van der Waals surface area contributed by atoms with E-state index < -0.39 is 102 Å². The van der Waals surface area contributed by atoms with Crippen LogP contribution in [0, 0.1) is 35.5 Å². The topological polar surface area (TPSA) is 485 Å². The Morgan fingerprint density at radius 3 is 2.14 bits per heavy atom. The molecule has 5 aromatic heterocycles. The number of benzene rings is 2. The number of aryl methyl sites for hydroxylation is 1. The van der Waals surface area contributed by atoms with E-state index in [4.69, 9.17) is 74.1 Å². The molecule has 1 aliphatic carbocycles. The molecule has 38 heteroatoms. The number of nitrogens with zero attached hydrogens (tertiary/aromatic N) is 14. The molecular formula is C101H137N17O21. The fourth-order valence-electron chi connectivity index (χ4n) is 19.3. The molecule has 3 amide bonds. The molecule has 0 spiro atoms. The highest BCUT2D eigenvalue weighted by atomic mass is 16.6. The molecule has 1 saturated carbocycles. The number of nitrogens with two attached hydrogens (primary N) is 3. The number of anilines is 5. The second-order valence-electron chi connectivity index (χ2n) is 37.7. The molecule has 15 atom stereocenters. The van der Waals surface area contributed by atoms with Crippen LogP contribution in [0.15, 0.2) is 113 Å². The van der Waals surface area contributed by atoms with Crippen LogP contribution in [-0.2, 0) is 107 Å². The van der Waals surface area contributed by atoms with Gasteiger partial charge in [0.2, 0.25) is 23.6 Å². The number of rotatable bonds is 31. The maximum atomic E-state index is 14.9. The molecule has 4 fully saturated rings. The lowest BCUT2D eigenvalue weighted by molar-refractivity contribution is -0.265. The van der Waals surface area contributed by atoms with Gasteiger partial charge in [-0.3, -0.25) is 33.6 Å². The molecule has 139 heavy (non-hydrogen) atoms. The van der Waals surface area contributed by atoms with E-state index >= 15 is 0 Å². The van der Waals surface area contributed by atoms with Crippen molar-refractivity contribution in [3.05, 3.63) is 137 Å². The standard InChI is InChI=1S/C101H137N17O21/c1-61-17-13-12-14-18-62(2)81(129-9)53-74-26-20-67(7)101(128,139-74)91(124)96(126)117-32-16-15-19-77(117)97(127)137-82(54-78(119)63(3)48-66(6)89(123)90(131-11)88(122)65(5)47-61)64(4)49-68-22-27-80(83(51-68)130-10)136-85(121)29-23-70-55-105-99(106-56-70)114-34-36-115(37-35-114)100-107-57-75(92(102)111-100)95(125)113(8)38-40-133-42-44-135-46-45-134-43-41-132-39-31-84(120)116-33-30-71-50-69(21-24-73(71)59-116)58-118-94-86(93(103)108-60-109-94)87(112-118)72-25-28-79-76(52-72)110-98(104)138-79/h12-14,17-18,21,24-25,28,48,50,52,55-57,60-61,63-65,67-68,74,77,80-83,89-90,123,128H,15-16,19-20,22-23,26-27,29-47,49,51,53-54,58-59H2,1-11H3,(H2,104,110)(H2,102,107,111)(H2,103,108,109)/b14-12+,17-13+,62-18+,66-48+/t61-,63-,64-,65-,67-,68+,74+,77+,80-,81+,82+,83-,89-,90+,101-/m1/s1. The van der Waals surface area contributed by atoms with Crippen LogP contribution in [0.25, 0.3) is 33.4 Å². The summed E-state index contributed by atoms with van der Waals surface area (Å²) < 4.78 is 66.5. The summed E-state index contributed by atoms with van der Waals surface area (Å²) in [5.74, 6) is -8.23. The van der Waals surface area contributed by atoms with Crippen LogP contribution in [0.4, 0.5) is 29.5 Å². The summed E-state index contributed by atoms with van der Waals surface area (Å²) in [6, 6.07) is 10.7. The largest absolute Gasteiger partial charge is 0.460 e. The number of esters is 2. The summed E-state index contributed by atoms with van der Waals surface area (Å²) in [6.45, 7) is 19.1. The SMILES string of the molecule is CO[C@H]1C[C@@H]2CC[C@@H](C)[C@@](O)(O2)C(=O)C(=O)N2CCCC[C@H]2C(=O)O[C@H]([C@H](C)C[C@@H]2CC[C@@H](OC(=O)CCc3cnc(N4CCN(c5ncc(C(=O)N(C)CCOCCOCCOCCOCCC(=O)N6CCc7cc(Cn8nc(-c9ccc%10oc(N)nc%10c9)c9c(N)ncnc98)ccc7C6)c(N)n5)CC4)nc3)[C@H](OC)C2)CC(=O)[C@H](C)/C=C(\C)[C@@H](O)[C@@H](OC)C(=O)[C@H](C)C[C@H](C)/C=C/C=C/C=C/1C. The Balaban J connectivity index is 0.501. The number of amides is 3. The number of ketones is 3. The van der Waals surface area contributed by atoms with Crippen molar-refractivity contribution in [1.82, 2.24) is 59.4 Å². The number of oxazole rings is 1. The molecule has 13 rings (SSSR count). The van der Waals surface area contributed by atoms with Crippen molar-refractivity contribution < 1.29 is 100 Å². The number of hydrogen-bond donors (Lipinski definition) is 5. The number of piperidine rings is 1. The number of hydrogen-bond acceptors (Lipinski definition) is 34. The number of allylic oxidation sites excluding steroid dienone is 6. The number of carbonyl (C=O) groups is 8. The van der Waals surface area contributed by atoms with Crippen molar-refractivity contribution in [3.63, 3.8) is 0 Å². The van der Waals surface area contributed by atoms with E-state index in [-0.39, 0.29) is 111 Å². The monoisotopic (exact) mass is 1920 g/mol. The first-order valence-corrected chi connectivity index (χ1v) is 48.6. The molecule has 0 unspecified atom stereocenters. The number of likely N-dealkylation sites (N-methyl/N-ethyl adjacent to an activating group) is 1. The number of aliphatic hydroxyl groups excluding tert-OH is 1. The number of aromatic nitrogens is 9. The van der Waals surface area contributed by atoms with Gasteiger partial charge in [-0.15, -0.1) is 0 Å². The number of ether oxygens (including phenoxy) is 10. The third-order valence-electron chi connectivity index (χ3n) is 27.6. The number of carbonyl (C=O) groups excluding carboxylic acids is 8. The van der Waals surface area contributed by atoms with Gasteiger partial charge in [0.15, 0.2) is 17.0 Å². The molecule has 5 aliphatic heterocycles. The van der Waals surface area contributed by atoms with Crippen molar-refractivity contribution in [3.8, 4) is 11.3 Å². The predicted octanol–water partition coefficient (Wildman–Crippen LogP) is 9.13. The minimum absolute atomic E-state index is 0.0249. The molecule has 2 aromatic carbocycles. The summed E-state index contributed by atoms with van der Waals surface area (Å²) in [5.41, 5.74) is 27.2. The smallest absolute Gasteiger partial charge is 0.329 e. The lowest BCUT2D eigenvalue weighted by Gasteiger charge is -2.42. The summed E-state index contributed by atoms with van der Waals surface area (Å²) in [7, 11) is 6.15. The van der Waals surface area contributed by atoms with E-state index in [1.54, 1.807) is 73.5 Å². The zero-order chi connectivity index (χ0) is 99.1. The summed E-state index contributed by atoms with van der Waals surface area (Å²) >= 11 is 0. The van der Waals surface area contributed by atoms with E-state index in [0.717, 1.165) is 27.8 Å². The molecule has 3 saturated heterocycles. The van der Waals surface area contributed by atoms with E-state index in [9.17, 15) is 48.6 Å². The van der Waals surface area contributed by atoms with E-state index in [1.165, 1.54) is 35.0 Å². The van der Waals surface area contributed by atoms with Gasteiger partial charge in [-0.25, -0.2) is 34.4 Å². The number of nitrogen functional groups attached to an aromatic ring is 3. The molecule has 6 aliphatic rings. The summed E-state index contributed by atoms with van der Waals surface area (Å²) in [5, 5.41) is 29.5. The van der Waals surface area contributed by atoms with Crippen molar-refractivity contribution in [1.29, 1.82) is 0 Å². The van der Waals surface area contributed by atoms with Gasteiger partial charge in [-0.2, -0.15) is 15.1 Å². The lowest BCUT2D eigenvalue weighted by atomic mass is 9.78. The predicted molar refractivity (Wildman–Crippen MR) is 517 cm³/mol. The van der Waals surface area contributed by atoms with Gasteiger partial charge in [0, 0.05) is 142 Å². The fourth-order valence-corrected chi connectivity index (χ4v) is 19.3. The van der Waals surface area contributed by atoms with Gasteiger partial charge < -0.3 is 104 Å². The number of Topliss-reactive ketones (excluding diaryl/α,β-unsaturated/α-hetero) is 3. The minimum Gasteiger partial charge on any atom is -0.460 e. The van der Waals surface area contributed by atoms with Crippen molar-refractivity contribution in [2.45, 2.75) is 219 Å². The molecule has 2 bridgehead atoms. The van der Waals surface area contributed by atoms with Gasteiger partial charge in [-0.05, 0) is 160 Å². The van der Waals surface area contributed by atoms with Gasteiger partial charge >= 0.3 is 11.9 Å². The van der Waals surface area contributed by atoms with Gasteiger partial charge in [0.25, 0.3) is 23.6 Å². The van der Waals surface area contributed by atoms with Crippen molar-refractivity contribution in [2.24, 2.45) is 35.5 Å². The Labute approximate surface area is 810 Å². The van der Waals surface area contributed by atoms with Crippen molar-refractivity contribution in [2.75, 3.05) is 154 Å². The normalized spacial score (nSPS) is 26.3. The average molecular weight is 1930 g/mol. The number of methoxy groups -OCH3 is 3. The molecule has 752 valence electrons. The van der Waals surface area contributed by atoms with E-state index in [1.807, 2.05) is 88.7 Å². The quantitative estimate of drug-likeness (QED) is 0.0117. The summed E-state index contributed by atoms with van der Waals surface area (Å²) in [4.78, 5) is 153. The van der Waals surface area contributed by atoms with Crippen LogP contribution in [0.1, 0.15) is 171 Å². The third kappa shape index (κ3) is 27.2. The van der Waals surface area contributed by atoms with Crippen molar-refractivity contribution >= 4 is 98.7 Å². The Kier molecular flexibility index (Phi) is 37.4. The van der Waals surface area contributed by atoms with Crippen LogP contribution < -0.4 is 27.0 Å². The Hall–Kier alpha value is -11.5. The Morgan fingerprint density at radius 1 is 0.698 bits per heavy atom. The molecule has 8 N–H and O–H groups in total. The molecule has 38 nitrogen and oxygen atoms in total. The van der Waals surface area contributed by atoms with Crippen LogP contribution in [0.2, 0.25) is 0 Å². The fraction of sp³-hybridized carbons (Fsp3) is 0.584. The van der Waals surface area contributed by atoms with Crippen LogP contribution in [0.3, 0.4) is 0 Å². The molecule has 10 heterocycles. The number of fused-ring (bicyclic) bond motifs is 6. The van der Waals surface area contributed by atoms with Crippen LogP contribution in [-0.4, -0.2) is 298 Å². The van der Waals surface area contributed by atoms with Gasteiger partial charge in [0.1, 0.15) is 71.0 Å². The maximum absolute atomic E-state index is 14.9. The number of cyclic esters (lactones) is 1. The Bertz CT molecular complexity index is 5530. The highest BCUT2D eigenvalue weighted by molar-refractivity contribution is 6.39. The average Bonchev–Trinajstić information content (AvgIpc) is 1.69. The first-order valence-electron chi connectivity index (χ1n) is 48.6. The second-order valence-corrected chi connectivity index (χ2v) is 37.7. The number of aliphatic hydroxyl groups is 2. The third-order valence-corrected chi connectivity index (χ3v) is 27.6. The van der Waals surface area contributed by atoms with Gasteiger partial charge in [0.05, 0.1) is 89.5 Å². The van der Waals surface area contributed by atoms with Crippen LogP contribution in [0.5, 0.6) is 0 Å². The second kappa shape index (κ2) is 49.6. The zero-order valence-corrected chi connectivity index (χ0v) is 81.8. The minimum atomic E-state index is -2.49. The highest BCUT2D eigenvalue weighted by Gasteiger charge is 2.54. The Morgan fingerprint density at radius 2 is 1.42 bits per heavy atom. The molecular weight excluding hydrogens is 1790 g/mol. The van der Waals surface area contributed by atoms with Crippen LogP contribution >= 0.6 is 0 Å². The van der Waals surface area contributed by atoms with Gasteiger partial charge in [-0.1, -0.05) is 89.3 Å². The molecule has 7 aromatic rings. The molecule has 0 radical (unpaired) electrons. The lowest BCUT2D eigenvalue weighted by Crippen LogP contribution is -2.61. The first-order chi connectivity index (χ1) is 66.9. The number of piperazine rings is 1. The zero-order valence-electron chi connectivity index (χ0n) is 81.8. The maximum Gasteiger partial charge on any atom is 0.329 e. The first kappa shape index (κ1) is 105.